The Morgan fingerprint density at radius 1 is 1.03 bits per heavy atom. The Morgan fingerprint density at radius 2 is 1.76 bits per heavy atom. The van der Waals surface area contributed by atoms with E-state index in [4.69, 9.17) is 33.9 Å². The van der Waals surface area contributed by atoms with Gasteiger partial charge in [-0.05, 0) is 67.1 Å². The number of imide groups is 1. The van der Waals surface area contributed by atoms with Crippen molar-refractivity contribution in [2.45, 2.75) is 78.1 Å². The molecule has 4 amide bonds. The van der Waals surface area contributed by atoms with E-state index in [1.165, 1.54) is 6.20 Å². The molecule has 0 bridgehead atoms. The first kappa shape index (κ1) is 31.6. The van der Waals surface area contributed by atoms with Crippen LogP contribution < -0.4 is 25.2 Å². The van der Waals surface area contributed by atoms with Gasteiger partial charge in [0.25, 0.3) is 11.8 Å². The van der Waals surface area contributed by atoms with E-state index in [9.17, 15) is 19.2 Å². The average molecular weight is 833 g/mol. The van der Waals surface area contributed by atoms with Crippen LogP contribution in [-0.2, 0) is 16.1 Å². The average Bonchev–Trinajstić information content (AvgIpc) is 3.56. The molecule has 2 N–H and O–H groups in total. The highest BCUT2D eigenvalue weighted by atomic mass is 35.5. The molecule has 15 heteroatoms. The number of carbonyl (C=O) groups is 4. The molecule has 1 atom stereocenters. The van der Waals surface area contributed by atoms with Crippen molar-refractivity contribution >= 4 is 52.4 Å². The maximum absolute atomic E-state index is 16.1. The zero-order valence-electron chi connectivity index (χ0n) is 41.1. The minimum absolute atomic E-state index is 0.0229. The summed E-state index contributed by atoms with van der Waals surface area (Å²) in [5, 5.41) is 5.62. The molecule has 1 aromatic heterocycles. The maximum Gasteiger partial charge on any atom is 0.255 e. The molecule has 4 aliphatic heterocycles. The van der Waals surface area contributed by atoms with Crippen molar-refractivity contribution in [2.75, 3.05) is 55.4 Å². The first-order chi connectivity index (χ1) is 31.2. The maximum atomic E-state index is 16.1. The van der Waals surface area contributed by atoms with E-state index in [1.54, 1.807) is 30.3 Å². The van der Waals surface area contributed by atoms with E-state index in [-0.39, 0.29) is 60.0 Å². The Kier molecular flexibility index (Phi) is 8.43. The first-order valence-corrected chi connectivity index (χ1v) is 19.9. The molecular formula is C44H50ClFN8O5. The molecule has 1 unspecified atom stereocenters. The lowest BCUT2D eigenvalue weighted by atomic mass is 9.49. The molecule has 8 rings (SSSR count). The molecule has 2 aromatic carbocycles. The molecular weight excluding hydrogens is 775 g/mol. The summed E-state index contributed by atoms with van der Waals surface area (Å²) in [7, 11) is 0. The number of anilines is 2. The Labute approximate surface area is 360 Å². The van der Waals surface area contributed by atoms with Crippen LogP contribution in [0.25, 0.3) is 4.85 Å². The topological polar surface area (TPSA) is 132 Å². The van der Waals surface area contributed by atoms with Gasteiger partial charge in [0.05, 0.1) is 28.3 Å². The number of halogens is 2. The number of nitrogens with zero attached hydrogens (tertiary/aromatic N) is 6. The molecule has 4 fully saturated rings. The molecule has 3 aromatic rings. The molecule has 3 saturated heterocycles. The minimum atomic E-state index is -3.37. The first-order valence-electron chi connectivity index (χ1n) is 23.6. The van der Waals surface area contributed by atoms with Crippen LogP contribution in [0.2, 0.25) is 5.02 Å². The van der Waals surface area contributed by atoms with Crippen LogP contribution in [0.5, 0.6) is 5.75 Å². The summed E-state index contributed by atoms with van der Waals surface area (Å²) < 4.78 is 94.5. The van der Waals surface area contributed by atoms with Gasteiger partial charge in [-0.15, -0.1) is 0 Å². The van der Waals surface area contributed by atoms with Crippen molar-refractivity contribution in [1.82, 2.24) is 25.4 Å². The van der Waals surface area contributed by atoms with E-state index in [1.807, 2.05) is 32.6 Å². The standard InChI is InChI=1S/C44H50ClFN8O5/c1-43(2)41(44(3,4)42(43)59-29-7-8-33(47-5)31(45)21-29)50-38(56)27-6-10-36(48-23-27)53-14-12-26(13-15-53)24-51-16-18-52(19-17-51)35-20-28-25-54(40(58)30(28)22-32(35)46)34-9-11-37(55)49-39(34)57/h6-8,10,20-23,26,34,41-42H,9,11-19,24-25H2,1-4H3,(H,50,56)(H,49,55,57)/i16D2,17D2,18D2,19D2. The molecule has 1 aliphatic carbocycles. The number of piperidine rings is 2. The number of carbonyl (C=O) groups excluding carboxylic acids is 4. The summed E-state index contributed by atoms with van der Waals surface area (Å²) >= 11 is 6.24. The van der Waals surface area contributed by atoms with Crippen molar-refractivity contribution in [2.24, 2.45) is 16.7 Å². The molecule has 5 heterocycles. The zero-order chi connectivity index (χ0) is 49.0. The molecule has 310 valence electrons. The van der Waals surface area contributed by atoms with Gasteiger partial charge in [0.2, 0.25) is 17.5 Å². The lowest BCUT2D eigenvalue weighted by molar-refractivity contribution is -0.164. The fraction of sp³-hybridized carbons (Fsp3) is 0.500. The van der Waals surface area contributed by atoms with Crippen LogP contribution >= 0.6 is 11.6 Å². The van der Waals surface area contributed by atoms with Crippen LogP contribution in [0, 0.1) is 29.1 Å². The van der Waals surface area contributed by atoms with Crippen molar-refractivity contribution in [1.29, 1.82) is 0 Å². The molecule has 13 nitrogen and oxygen atoms in total. The second-order valence-electron chi connectivity index (χ2n) is 16.9. The highest BCUT2D eigenvalue weighted by Crippen LogP contribution is 2.55. The quantitative estimate of drug-likeness (QED) is 0.202. The summed E-state index contributed by atoms with van der Waals surface area (Å²) in [6.45, 7) is 2.21. The van der Waals surface area contributed by atoms with Gasteiger partial charge >= 0.3 is 0 Å². The Balaban J connectivity index is 0.908. The smallest absolute Gasteiger partial charge is 0.255 e. The van der Waals surface area contributed by atoms with Gasteiger partial charge in [-0.3, -0.25) is 29.4 Å². The van der Waals surface area contributed by atoms with Crippen LogP contribution in [0.3, 0.4) is 0 Å². The van der Waals surface area contributed by atoms with Crippen LogP contribution in [0.1, 0.15) is 90.6 Å². The van der Waals surface area contributed by atoms with Gasteiger partial charge in [-0.1, -0.05) is 45.4 Å². The Morgan fingerprint density at radius 3 is 2.41 bits per heavy atom. The second-order valence-corrected chi connectivity index (χ2v) is 17.3. The van der Waals surface area contributed by atoms with Gasteiger partial charge < -0.3 is 24.8 Å². The summed E-state index contributed by atoms with van der Waals surface area (Å²) in [5.74, 6) is -2.88. The van der Waals surface area contributed by atoms with Crippen molar-refractivity contribution < 1.29 is 39.3 Å². The van der Waals surface area contributed by atoms with Gasteiger partial charge in [-0.25, -0.2) is 14.2 Å². The van der Waals surface area contributed by atoms with Crippen molar-refractivity contribution in [3.05, 3.63) is 87.6 Å². The SMILES string of the molecule is [2H]C1([2H])N(CC2CCN(c3ccc(C(=O)NC4C(C)(C)C(Oc5ccc([N+]#[C-])c(Cl)c5)C4(C)C)cn3)CC2)C([2H])([2H])C([2H])([2H])N(c2cc3c(cc2F)C(=O)N(C2CCC(=O)NC2=O)C3)C1([2H])[2H]. The number of fused-ring (bicyclic) bond motifs is 1. The number of rotatable bonds is 9. The van der Waals surface area contributed by atoms with Crippen molar-refractivity contribution in [3.63, 3.8) is 0 Å². The predicted molar refractivity (Wildman–Crippen MR) is 221 cm³/mol. The van der Waals surface area contributed by atoms with Gasteiger partial charge in [0.15, 0.2) is 0 Å². The second kappa shape index (κ2) is 15.7. The summed E-state index contributed by atoms with van der Waals surface area (Å²) in [6.07, 6.45) is 1.94. The third kappa shape index (κ3) is 7.71. The summed E-state index contributed by atoms with van der Waals surface area (Å²) in [6, 6.07) is 8.74. The van der Waals surface area contributed by atoms with E-state index in [0.717, 1.165) is 17.0 Å². The molecule has 5 aliphatic rings. The predicted octanol–water partition coefficient (Wildman–Crippen LogP) is 5.84. The molecule has 0 radical (unpaired) electrons. The fourth-order valence-electron chi connectivity index (χ4n) is 9.35. The monoisotopic (exact) mass is 832 g/mol. The summed E-state index contributed by atoms with van der Waals surface area (Å²) in [5.41, 5.74) is -1.17. The number of nitrogens with one attached hydrogen (secondary N) is 2. The number of aromatic nitrogens is 1. The number of pyridine rings is 1. The third-order valence-electron chi connectivity index (χ3n) is 12.2. The number of amides is 4. The largest absolute Gasteiger partial charge is 0.489 e. The van der Waals surface area contributed by atoms with Crippen LogP contribution in [0.15, 0.2) is 48.7 Å². The number of piperazine rings is 1. The van der Waals surface area contributed by atoms with E-state index in [2.05, 4.69) is 20.5 Å². The van der Waals surface area contributed by atoms with Gasteiger partial charge in [0, 0.05) is 92.7 Å². The fourth-order valence-corrected chi connectivity index (χ4v) is 9.56. The normalized spacial score (nSPS) is 29.7. The Hall–Kier alpha value is -5.26. The van der Waals surface area contributed by atoms with E-state index in [0.29, 0.717) is 58.7 Å². The third-order valence-corrected chi connectivity index (χ3v) is 12.5. The van der Waals surface area contributed by atoms with Crippen LogP contribution in [0.4, 0.5) is 21.6 Å². The number of benzene rings is 2. The molecule has 59 heavy (non-hydrogen) atoms. The minimum Gasteiger partial charge on any atom is -0.489 e. The van der Waals surface area contributed by atoms with E-state index >= 15 is 4.39 Å². The van der Waals surface area contributed by atoms with Crippen molar-refractivity contribution in [3.8, 4) is 5.75 Å². The zero-order valence-corrected chi connectivity index (χ0v) is 33.8. The number of hydrogen-bond donors (Lipinski definition) is 2. The van der Waals surface area contributed by atoms with Gasteiger partial charge in [0.1, 0.15) is 29.5 Å². The lowest BCUT2D eigenvalue weighted by Crippen LogP contribution is -2.74. The molecule has 1 saturated carbocycles. The number of hydrogen-bond acceptors (Lipinski definition) is 9. The van der Waals surface area contributed by atoms with Crippen LogP contribution in [-0.4, -0.2) is 102 Å². The van der Waals surface area contributed by atoms with E-state index < -0.39 is 78.0 Å². The Bertz CT molecular complexity index is 2550. The highest BCUT2D eigenvalue weighted by molar-refractivity contribution is 6.33. The lowest BCUT2D eigenvalue weighted by Gasteiger charge is -2.63. The number of ether oxygens (including phenoxy) is 1. The van der Waals surface area contributed by atoms with Gasteiger partial charge in [-0.2, -0.15) is 0 Å². The highest BCUT2D eigenvalue weighted by Gasteiger charge is 2.64. The molecule has 0 spiro atoms. The summed E-state index contributed by atoms with van der Waals surface area (Å²) in [4.78, 5) is 62.9.